The number of nitrogens with one attached hydrogen (secondary N) is 1. The molecule has 0 atom stereocenters. The molecule has 0 amide bonds. The van der Waals surface area contributed by atoms with Crippen LogP contribution in [0.4, 0.5) is 51.3 Å². The summed E-state index contributed by atoms with van der Waals surface area (Å²) in [7, 11) is 0. The smallest absolute Gasteiger partial charge is 0.168 e. The minimum atomic E-state index is 0. The van der Waals surface area contributed by atoms with Crippen molar-refractivity contribution in [2.75, 3.05) is 20.0 Å². The van der Waals surface area contributed by atoms with Gasteiger partial charge in [0, 0.05) is 115 Å². The van der Waals surface area contributed by atoms with Gasteiger partial charge in [0.2, 0.25) is 0 Å². The van der Waals surface area contributed by atoms with E-state index in [4.69, 9.17) is 0 Å². The minimum Gasteiger partial charge on any atom is -0.513 e. The molecule has 1 radical (unpaired) electrons. The fourth-order valence-electron chi connectivity index (χ4n) is 17.2. The van der Waals surface area contributed by atoms with E-state index in [0.717, 1.165) is 79.8 Å². The van der Waals surface area contributed by atoms with E-state index >= 15 is 0 Å². The van der Waals surface area contributed by atoms with E-state index in [2.05, 4.69) is 471 Å². The molecule has 10 nitrogen and oxygen atoms in total. The van der Waals surface area contributed by atoms with Crippen LogP contribution in [0.5, 0.6) is 0 Å². The minimum absolute atomic E-state index is 0. The van der Waals surface area contributed by atoms with Crippen LogP contribution in [0.25, 0.3) is 127 Å². The summed E-state index contributed by atoms with van der Waals surface area (Å²) in [4.78, 5) is 11.0. The Labute approximate surface area is 753 Å². The van der Waals surface area contributed by atoms with Crippen LogP contribution < -0.4 is 20.0 Å². The van der Waals surface area contributed by atoms with Crippen LogP contribution in [-0.2, 0) is 25.5 Å². The van der Waals surface area contributed by atoms with Crippen LogP contribution in [0.3, 0.4) is 0 Å². The van der Waals surface area contributed by atoms with Crippen molar-refractivity contribution in [3.8, 4) is 62.1 Å². The monoisotopic (exact) mass is 1810 g/mol. The Kier molecular flexibility index (Phi) is 23.2. The van der Waals surface area contributed by atoms with Gasteiger partial charge in [-0.05, 0) is 171 Å². The maximum atomic E-state index is 4.63. The molecule has 23 rings (SSSR count). The Morgan fingerprint density at radius 1 is 0.299 bits per heavy atom. The van der Waals surface area contributed by atoms with Gasteiger partial charge in [0.15, 0.2) is 11.6 Å². The molecule has 11 heteroatoms. The molecule has 613 valence electrons. The molecule has 1 aliphatic heterocycles. The number of benzene rings is 18. The number of fused-ring (bicyclic) bond motifs is 9. The zero-order valence-corrected chi connectivity index (χ0v) is 72.8. The zero-order chi connectivity index (χ0) is 84.7. The molecule has 0 fully saturated rings. The van der Waals surface area contributed by atoms with E-state index in [-0.39, 0.29) is 25.5 Å². The van der Waals surface area contributed by atoms with Crippen LogP contribution >= 0.6 is 0 Å². The van der Waals surface area contributed by atoms with E-state index in [1.54, 1.807) is 6.20 Å². The van der Waals surface area contributed by atoms with Gasteiger partial charge in [0.1, 0.15) is 5.82 Å². The number of para-hydroxylation sites is 8. The Morgan fingerprint density at radius 2 is 0.654 bits per heavy atom. The van der Waals surface area contributed by atoms with Crippen molar-refractivity contribution < 1.29 is 20.1 Å². The van der Waals surface area contributed by atoms with Gasteiger partial charge in [0.25, 0.3) is 0 Å². The van der Waals surface area contributed by atoms with Gasteiger partial charge >= 0.3 is 0 Å². The second-order valence-electron chi connectivity index (χ2n) is 32.2. The summed E-state index contributed by atoms with van der Waals surface area (Å²) in [6, 6.07) is 166. The van der Waals surface area contributed by atoms with Crippen molar-refractivity contribution in [1.29, 1.82) is 0 Å². The molecule has 127 heavy (non-hydrogen) atoms. The van der Waals surface area contributed by atoms with Crippen molar-refractivity contribution in [1.82, 2.24) is 28.9 Å². The van der Waals surface area contributed by atoms with Gasteiger partial charge in [-0.15, -0.1) is 15.9 Å². The number of hydrogen-bond acceptors (Lipinski definition) is 7. The fraction of sp³-hybridized carbons (Fsp3) is 0.0345. The first-order valence-corrected chi connectivity index (χ1v) is 42.7. The summed E-state index contributed by atoms with van der Waals surface area (Å²) >= 11 is 0. The van der Waals surface area contributed by atoms with E-state index in [1.807, 2.05) is 72.2 Å². The normalized spacial score (nSPS) is 11.5. The second-order valence-corrected chi connectivity index (χ2v) is 32.2. The molecule has 0 unspecified atom stereocenters. The first kappa shape index (κ1) is 80.9. The molecule has 5 heterocycles. The first-order chi connectivity index (χ1) is 62.2. The number of aromatic nitrogens is 6. The summed E-state index contributed by atoms with van der Waals surface area (Å²) in [6.45, 7) is 8.58. The summed E-state index contributed by atoms with van der Waals surface area (Å²) in [5.74, 6) is 2.58. The SMILES string of the molecule is CC(C)(C)c1ccc(-c2nnc(-c3ccc(-c4ccccc4)cc3)n2-c2ccccc2)cc1.[Ir].[c-]1ccccc1N1[CH-]Nc2cccnc21.c1cc(-n2c3ccccc3c3ccccc32)cc(-n2c3ccccc3c3ccccc32)c1.c1ccc(N(c2ccc(-c3ccc(N(c4ccccc4)c4cccc5ccccc45)cc3)cc2)c2cccc3ccccc23)cc1. The average Bonchev–Trinajstić information content (AvgIpc) is 1.61. The van der Waals surface area contributed by atoms with Crippen molar-refractivity contribution >= 4 is 116 Å². The van der Waals surface area contributed by atoms with Crippen LogP contribution in [0.1, 0.15) is 26.3 Å². The van der Waals surface area contributed by atoms with Gasteiger partial charge in [-0.25, -0.2) is 4.98 Å². The maximum Gasteiger partial charge on any atom is 0.168 e. The van der Waals surface area contributed by atoms with Crippen LogP contribution in [0.15, 0.2) is 467 Å². The molecule has 0 saturated heterocycles. The van der Waals surface area contributed by atoms with Crippen LogP contribution in [0.2, 0.25) is 0 Å². The van der Waals surface area contributed by atoms with Gasteiger partial charge in [-0.2, -0.15) is 37.0 Å². The number of rotatable bonds is 14. The van der Waals surface area contributed by atoms with Gasteiger partial charge in [0.05, 0.1) is 33.4 Å². The zero-order valence-electron chi connectivity index (χ0n) is 70.4. The van der Waals surface area contributed by atoms with E-state index < -0.39 is 0 Å². The molecule has 22 aromatic rings. The first-order valence-electron chi connectivity index (χ1n) is 42.7. The molecule has 0 saturated carbocycles. The maximum absolute atomic E-state index is 4.63. The largest absolute Gasteiger partial charge is 0.513 e. The van der Waals surface area contributed by atoms with E-state index in [1.165, 1.54) is 104 Å². The Hall–Kier alpha value is -15.8. The van der Waals surface area contributed by atoms with E-state index in [0.29, 0.717) is 0 Å². The Bertz CT molecular complexity index is 7130. The van der Waals surface area contributed by atoms with Crippen molar-refractivity contribution in [3.63, 3.8) is 0 Å². The summed E-state index contributed by atoms with van der Waals surface area (Å²) < 4.78 is 6.90. The molecule has 0 bridgehead atoms. The number of anilines is 9. The molecule has 1 aliphatic rings. The van der Waals surface area contributed by atoms with Gasteiger partial charge in [-0.3, -0.25) is 4.57 Å². The number of hydrogen-bond donors (Lipinski definition) is 1. The average molecular weight is 1810 g/mol. The molecule has 1 N–H and O–H groups in total. The molecule has 0 aliphatic carbocycles. The third kappa shape index (κ3) is 16.6. The standard InChI is InChI=1S/C44H32N2.C30H27N3.C30H20N2.C12H9N3.Ir/c1-3-17-37(18-4-1)45(43-23-11-15-35-13-7-9-21-41(35)43)39-29-25-33(26-30-39)34-27-31-40(32-28-34)46(38-19-5-2-6-20-38)44-24-12-16-36-14-8-10-22-42(36)44;1-30(2,3)26-20-18-25(19-21-26)29-32-31-28(33(29)27-12-8-5-9-13-27)24-16-14-23(15-17-24)22-10-6-4-7-11-22;1-5-16-27-23(12-1)24-13-2-6-17-28(24)31(27)21-10-9-11-22(20-21)32-29-18-7-3-14-25(29)26-15-4-8-19-30(26)32;1-2-5-10(6-3-1)15-9-14-11-7-4-8-13-12(11)15;/h1-32H;4-21H,1-3H3;1-20H;1-5,7-9,14H;/q;;;-2;. The number of pyridine rings is 1. The predicted octanol–water partition coefficient (Wildman–Crippen LogP) is 30.6. The molecule has 0 spiro atoms. The predicted molar refractivity (Wildman–Crippen MR) is 527 cm³/mol. The topological polar surface area (TPSA) is 75.2 Å². The molecule has 18 aromatic carbocycles. The quantitative estimate of drug-likeness (QED) is 0.109. The van der Waals surface area contributed by atoms with Crippen molar-refractivity contribution in [2.45, 2.75) is 26.2 Å². The molecular formula is C116H88IrN10-2. The third-order valence-corrected chi connectivity index (χ3v) is 23.4. The summed E-state index contributed by atoms with van der Waals surface area (Å²) in [6.07, 6.45) is 1.79. The summed E-state index contributed by atoms with van der Waals surface area (Å²) in [5.41, 5.74) is 25.4. The molecule has 4 aromatic heterocycles. The third-order valence-electron chi connectivity index (χ3n) is 23.4. The second kappa shape index (κ2) is 36.3. The molecular weight excluding hydrogens is 1730 g/mol. The Balaban J connectivity index is 0.000000116. The Morgan fingerprint density at radius 3 is 1.10 bits per heavy atom. The van der Waals surface area contributed by atoms with E-state index in [9.17, 15) is 0 Å². The number of nitrogens with zero attached hydrogens (tertiary/aromatic N) is 9. The van der Waals surface area contributed by atoms with Gasteiger partial charge in [-0.1, -0.05) is 330 Å². The van der Waals surface area contributed by atoms with Crippen LogP contribution in [-0.4, -0.2) is 28.9 Å². The van der Waals surface area contributed by atoms with Crippen molar-refractivity contribution in [3.05, 3.63) is 486 Å². The van der Waals surface area contributed by atoms with Crippen molar-refractivity contribution in [2.24, 2.45) is 0 Å². The van der Waals surface area contributed by atoms with Crippen LogP contribution in [0, 0.1) is 12.7 Å². The summed E-state index contributed by atoms with van der Waals surface area (Å²) in [5, 5.41) is 22.5. The fourth-order valence-corrected chi connectivity index (χ4v) is 17.2. The van der Waals surface area contributed by atoms with Gasteiger partial charge < -0.3 is 29.2 Å².